The van der Waals surface area contributed by atoms with Gasteiger partial charge in [-0.2, -0.15) is 0 Å². The quantitative estimate of drug-likeness (QED) is 0.848. The molecule has 1 aromatic carbocycles. The molecule has 1 heterocycles. The Bertz CT molecular complexity index is 575. The number of nitrogens with one attached hydrogen (secondary N) is 2. The summed E-state index contributed by atoms with van der Waals surface area (Å²) in [4.78, 5) is 19.6. The summed E-state index contributed by atoms with van der Waals surface area (Å²) in [5.41, 5.74) is 1.85. The fourth-order valence-corrected chi connectivity index (χ4v) is 3.16. The number of aromatic nitrogens is 2. The number of fused-ring (bicyclic) bond motifs is 2. The van der Waals surface area contributed by atoms with Crippen molar-refractivity contribution in [1.29, 1.82) is 0 Å². The number of carbonyl (C=O) groups is 1. The molecule has 2 atom stereocenters. The van der Waals surface area contributed by atoms with Gasteiger partial charge in [0.15, 0.2) is 0 Å². The minimum Gasteiger partial charge on any atom is -0.324 e. The van der Waals surface area contributed by atoms with E-state index in [0.29, 0.717) is 5.95 Å². The van der Waals surface area contributed by atoms with E-state index in [-0.39, 0.29) is 11.8 Å². The van der Waals surface area contributed by atoms with Gasteiger partial charge in [0, 0.05) is 5.92 Å². The van der Waals surface area contributed by atoms with Gasteiger partial charge in [0.2, 0.25) is 11.9 Å². The summed E-state index contributed by atoms with van der Waals surface area (Å²) in [5.74, 6) is 2.55. The van der Waals surface area contributed by atoms with Crippen molar-refractivity contribution < 1.29 is 4.79 Å². The number of anilines is 1. The van der Waals surface area contributed by atoms with Gasteiger partial charge in [-0.1, -0.05) is 12.1 Å². The van der Waals surface area contributed by atoms with Crippen LogP contribution in [-0.2, 0) is 4.79 Å². The Kier molecular flexibility index (Phi) is 2.01. The summed E-state index contributed by atoms with van der Waals surface area (Å²) < 4.78 is 0. The van der Waals surface area contributed by atoms with E-state index in [9.17, 15) is 4.79 Å². The van der Waals surface area contributed by atoms with E-state index in [1.165, 1.54) is 6.42 Å². The van der Waals surface area contributed by atoms with Gasteiger partial charge >= 0.3 is 0 Å². The number of hydrogen-bond donors (Lipinski definition) is 2. The number of aromatic amines is 1. The Morgan fingerprint density at radius 3 is 2.78 bits per heavy atom. The number of para-hydroxylation sites is 2. The highest BCUT2D eigenvalue weighted by atomic mass is 16.2. The third kappa shape index (κ3) is 1.60. The summed E-state index contributed by atoms with van der Waals surface area (Å²) in [5, 5.41) is 2.91. The van der Waals surface area contributed by atoms with Crippen molar-refractivity contribution in [3.8, 4) is 0 Å². The van der Waals surface area contributed by atoms with Crippen LogP contribution < -0.4 is 5.32 Å². The van der Waals surface area contributed by atoms with Crippen LogP contribution in [0.25, 0.3) is 11.0 Å². The van der Waals surface area contributed by atoms with Crippen molar-refractivity contribution in [2.45, 2.75) is 19.3 Å². The first-order valence-corrected chi connectivity index (χ1v) is 6.55. The zero-order valence-electron chi connectivity index (χ0n) is 10.0. The molecule has 2 fully saturated rings. The predicted octanol–water partition coefficient (Wildman–Crippen LogP) is 2.55. The lowest BCUT2D eigenvalue weighted by Gasteiger charge is -2.10. The van der Waals surface area contributed by atoms with Crippen molar-refractivity contribution >= 4 is 22.9 Å². The van der Waals surface area contributed by atoms with Crippen molar-refractivity contribution in [2.24, 2.45) is 17.8 Å². The normalized spacial score (nSPS) is 29.2. The van der Waals surface area contributed by atoms with E-state index in [0.717, 1.165) is 35.7 Å². The molecular formula is C14H15N3O. The average Bonchev–Trinajstić information content (AvgIpc) is 2.83. The van der Waals surface area contributed by atoms with Gasteiger partial charge in [-0.3, -0.25) is 10.1 Å². The maximum absolute atomic E-state index is 12.1. The van der Waals surface area contributed by atoms with Crippen molar-refractivity contribution in [3.05, 3.63) is 24.3 Å². The van der Waals surface area contributed by atoms with Gasteiger partial charge in [-0.05, 0) is 43.2 Å². The fraction of sp³-hybridized carbons (Fsp3) is 0.429. The van der Waals surface area contributed by atoms with Crippen LogP contribution >= 0.6 is 0 Å². The maximum atomic E-state index is 12.1. The van der Waals surface area contributed by atoms with Crippen LogP contribution in [0, 0.1) is 17.8 Å². The van der Waals surface area contributed by atoms with E-state index in [1.807, 2.05) is 24.3 Å². The van der Waals surface area contributed by atoms with E-state index in [1.54, 1.807) is 0 Å². The molecule has 0 aliphatic heterocycles. The van der Waals surface area contributed by atoms with Crippen molar-refractivity contribution in [2.75, 3.05) is 5.32 Å². The smallest absolute Gasteiger partial charge is 0.229 e. The third-order valence-electron chi connectivity index (χ3n) is 4.25. The lowest BCUT2D eigenvalue weighted by atomic mass is 10.0. The number of amides is 1. The first-order chi connectivity index (χ1) is 8.79. The molecule has 2 aliphatic rings. The first-order valence-electron chi connectivity index (χ1n) is 6.55. The van der Waals surface area contributed by atoms with E-state index in [4.69, 9.17) is 0 Å². The predicted molar refractivity (Wildman–Crippen MR) is 69.0 cm³/mol. The molecule has 2 N–H and O–H groups in total. The van der Waals surface area contributed by atoms with Crippen LogP contribution in [0.5, 0.6) is 0 Å². The Morgan fingerprint density at radius 2 is 2.00 bits per heavy atom. The van der Waals surface area contributed by atoms with Crippen LogP contribution in [0.1, 0.15) is 19.3 Å². The highest BCUT2D eigenvalue weighted by Gasteiger charge is 2.48. The van der Waals surface area contributed by atoms with Crippen molar-refractivity contribution in [1.82, 2.24) is 9.97 Å². The highest BCUT2D eigenvalue weighted by molar-refractivity contribution is 5.93. The van der Waals surface area contributed by atoms with Gasteiger partial charge in [0.25, 0.3) is 0 Å². The molecular weight excluding hydrogens is 226 g/mol. The number of imidazole rings is 1. The number of benzene rings is 1. The van der Waals surface area contributed by atoms with E-state index in [2.05, 4.69) is 15.3 Å². The van der Waals surface area contributed by atoms with E-state index >= 15 is 0 Å². The summed E-state index contributed by atoms with van der Waals surface area (Å²) >= 11 is 0. The molecule has 0 spiro atoms. The minimum atomic E-state index is 0.126. The maximum Gasteiger partial charge on any atom is 0.229 e. The van der Waals surface area contributed by atoms with Gasteiger partial charge in [-0.15, -0.1) is 0 Å². The molecule has 18 heavy (non-hydrogen) atoms. The van der Waals surface area contributed by atoms with E-state index < -0.39 is 0 Å². The fourth-order valence-electron chi connectivity index (χ4n) is 3.16. The molecule has 2 aromatic rings. The molecule has 2 saturated carbocycles. The monoisotopic (exact) mass is 241 g/mol. The summed E-state index contributed by atoms with van der Waals surface area (Å²) in [6.45, 7) is 0. The number of hydrogen-bond acceptors (Lipinski definition) is 2. The topological polar surface area (TPSA) is 57.8 Å². The molecule has 92 valence electrons. The minimum absolute atomic E-state index is 0.126. The molecule has 1 amide bonds. The molecule has 0 bridgehead atoms. The molecule has 0 radical (unpaired) electrons. The van der Waals surface area contributed by atoms with Gasteiger partial charge in [-0.25, -0.2) is 4.98 Å². The highest BCUT2D eigenvalue weighted by Crippen LogP contribution is 2.54. The zero-order valence-corrected chi connectivity index (χ0v) is 10.0. The number of carbonyl (C=O) groups excluding carboxylic acids is 1. The standard InChI is InChI=1S/C14H15N3O/c18-13(10-6-8-5-9(8)7-10)17-14-15-11-3-1-2-4-12(11)16-14/h1-4,8-10H,5-7H2,(H2,15,16,17,18). The molecule has 4 nitrogen and oxygen atoms in total. The lowest BCUT2D eigenvalue weighted by molar-refractivity contribution is -0.120. The summed E-state index contributed by atoms with van der Waals surface area (Å²) in [7, 11) is 0. The Balaban J connectivity index is 1.51. The van der Waals surface area contributed by atoms with Crippen LogP contribution in [-0.4, -0.2) is 15.9 Å². The number of rotatable bonds is 2. The van der Waals surface area contributed by atoms with Crippen LogP contribution in [0.3, 0.4) is 0 Å². The Morgan fingerprint density at radius 1 is 1.22 bits per heavy atom. The van der Waals surface area contributed by atoms with Crippen LogP contribution in [0.15, 0.2) is 24.3 Å². The number of nitrogens with zero attached hydrogens (tertiary/aromatic N) is 1. The molecule has 4 heteroatoms. The van der Waals surface area contributed by atoms with Crippen LogP contribution in [0.4, 0.5) is 5.95 Å². The third-order valence-corrected chi connectivity index (χ3v) is 4.25. The number of H-pyrrole nitrogens is 1. The SMILES string of the molecule is O=C(Nc1nc2ccccc2[nH]1)C1CC2CC2C1. The summed E-state index contributed by atoms with van der Waals surface area (Å²) in [6.07, 6.45) is 3.47. The largest absolute Gasteiger partial charge is 0.324 e. The Labute approximate surface area is 105 Å². The Hall–Kier alpha value is -1.84. The second-order valence-electron chi connectivity index (χ2n) is 5.52. The van der Waals surface area contributed by atoms with Gasteiger partial charge < -0.3 is 4.98 Å². The molecule has 1 aromatic heterocycles. The summed E-state index contributed by atoms with van der Waals surface area (Å²) in [6, 6.07) is 7.80. The molecule has 0 saturated heterocycles. The lowest BCUT2D eigenvalue weighted by Crippen LogP contribution is -2.22. The first kappa shape index (κ1) is 10.1. The molecule has 4 rings (SSSR count). The molecule has 2 aliphatic carbocycles. The average molecular weight is 241 g/mol. The second kappa shape index (κ2) is 3.57. The second-order valence-corrected chi connectivity index (χ2v) is 5.52. The van der Waals surface area contributed by atoms with Crippen LogP contribution in [0.2, 0.25) is 0 Å². The van der Waals surface area contributed by atoms with Gasteiger partial charge in [0.05, 0.1) is 11.0 Å². The zero-order chi connectivity index (χ0) is 12.1. The molecule has 2 unspecified atom stereocenters. The van der Waals surface area contributed by atoms with Gasteiger partial charge in [0.1, 0.15) is 0 Å². The van der Waals surface area contributed by atoms with Crippen molar-refractivity contribution in [3.63, 3.8) is 0 Å².